The largest absolute Gasteiger partial charge is 0.487 e. The van der Waals surface area contributed by atoms with Crippen molar-refractivity contribution >= 4 is 0 Å². The van der Waals surface area contributed by atoms with Gasteiger partial charge in [-0.15, -0.1) is 0 Å². The van der Waals surface area contributed by atoms with Crippen LogP contribution in [-0.2, 0) is 0 Å². The van der Waals surface area contributed by atoms with Gasteiger partial charge in [-0.1, -0.05) is 0 Å². The number of aromatic nitrogens is 2. The van der Waals surface area contributed by atoms with Crippen molar-refractivity contribution in [3.05, 3.63) is 16.7 Å². The first-order chi connectivity index (χ1) is 6.29. The van der Waals surface area contributed by atoms with Crippen molar-refractivity contribution in [1.29, 1.82) is 0 Å². The lowest BCUT2D eigenvalue weighted by Crippen LogP contribution is -2.13. The van der Waals surface area contributed by atoms with Crippen LogP contribution in [0.5, 0.6) is 11.6 Å². The molecule has 0 aliphatic heterocycles. The molecule has 1 aromatic heterocycles. The maximum absolute atomic E-state index is 11.1. The molecule has 1 heterocycles. The average Bonchev–Trinajstić information content (AvgIpc) is 2.15. The standard InChI is InChI=1S/C7H10N2O4/c1-12-5-6(11)8-4-9-7(5)13-3-2-10/h4,10H,2-3H2,1H3,(H,8,9,11). The Morgan fingerprint density at radius 3 is 3.08 bits per heavy atom. The number of nitrogens with one attached hydrogen (secondary N) is 1. The summed E-state index contributed by atoms with van der Waals surface area (Å²) < 4.78 is 9.71. The number of methoxy groups -OCH3 is 1. The summed E-state index contributed by atoms with van der Waals surface area (Å²) in [6, 6.07) is 0. The summed E-state index contributed by atoms with van der Waals surface area (Å²) in [4.78, 5) is 17.1. The zero-order valence-electron chi connectivity index (χ0n) is 7.11. The average molecular weight is 186 g/mol. The second kappa shape index (κ2) is 4.46. The van der Waals surface area contributed by atoms with E-state index >= 15 is 0 Å². The molecule has 1 rings (SSSR count). The molecule has 0 aliphatic carbocycles. The lowest BCUT2D eigenvalue weighted by Gasteiger charge is -2.05. The van der Waals surface area contributed by atoms with Gasteiger partial charge in [0.05, 0.1) is 20.0 Å². The molecule has 6 nitrogen and oxygen atoms in total. The van der Waals surface area contributed by atoms with E-state index in [1.165, 1.54) is 13.4 Å². The quantitative estimate of drug-likeness (QED) is 0.639. The van der Waals surface area contributed by atoms with Crippen LogP contribution in [0.25, 0.3) is 0 Å². The first-order valence-electron chi connectivity index (χ1n) is 3.65. The van der Waals surface area contributed by atoms with E-state index in [2.05, 4.69) is 9.97 Å². The van der Waals surface area contributed by atoms with Gasteiger partial charge in [-0.2, -0.15) is 0 Å². The van der Waals surface area contributed by atoms with Gasteiger partial charge < -0.3 is 19.6 Å². The molecule has 6 heteroatoms. The van der Waals surface area contributed by atoms with Crippen molar-refractivity contribution in [3.63, 3.8) is 0 Å². The number of ether oxygens (including phenoxy) is 2. The van der Waals surface area contributed by atoms with Crippen LogP contribution in [0.3, 0.4) is 0 Å². The van der Waals surface area contributed by atoms with Crippen molar-refractivity contribution in [3.8, 4) is 11.6 Å². The van der Waals surface area contributed by atoms with E-state index in [-0.39, 0.29) is 24.8 Å². The third kappa shape index (κ3) is 2.19. The van der Waals surface area contributed by atoms with Crippen molar-refractivity contribution in [1.82, 2.24) is 9.97 Å². The smallest absolute Gasteiger partial charge is 0.297 e. The molecule has 0 aromatic carbocycles. The third-order valence-electron chi connectivity index (χ3n) is 1.31. The Bertz CT molecular complexity index is 323. The highest BCUT2D eigenvalue weighted by atomic mass is 16.5. The van der Waals surface area contributed by atoms with E-state index in [1.54, 1.807) is 0 Å². The fourth-order valence-corrected chi connectivity index (χ4v) is 0.796. The van der Waals surface area contributed by atoms with Gasteiger partial charge in [0.15, 0.2) is 0 Å². The highest BCUT2D eigenvalue weighted by Gasteiger charge is 2.09. The molecule has 0 unspecified atom stereocenters. The first-order valence-corrected chi connectivity index (χ1v) is 3.65. The molecule has 0 radical (unpaired) electrons. The van der Waals surface area contributed by atoms with Crippen LogP contribution in [0.15, 0.2) is 11.1 Å². The van der Waals surface area contributed by atoms with Crippen molar-refractivity contribution in [2.75, 3.05) is 20.3 Å². The summed E-state index contributed by atoms with van der Waals surface area (Å²) in [6.07, 6.45) is 1.21. The summed E-state index contributed by atoms with van der Waals surface area (Å²) in [6.45, 7) is -0.0650. The second-order valence-electron chi connectivity index (χ2n) is 2.14. The van der Waals surface area contributed by atoms with Gasteiger partial charge in [0.1, 0.15) is 6.61 Å². The molecule has 13 heavy (non-hydrogen) atoms. The molecule has 0 atom stereocenters. The minimum absolute atomic E-state index is 0.0101. The van der Waals surface area contributed by atoms with Crippen LogP contribution in [0.4, 0.5) is 0 Å². The fraction of sp³-hybridized carbons (Fsp3) is 0.429. The number of aliphatic hydroxyl groups excluding tert-OH is 1. The van der Waals surface area contributed by atoms with E-state index in [0.717, 1.165) is 0 Å². The minimum atomic E-state index is -0.412. The van der Waals surface area contributed by atoms with Crippen LogP contribution in [-0.4, -0.2) is 35.4 Å². The van der Waals surface area contributed by atoms with Gasteiger partial charge >= 0.3 is 0 Å². The summed E-state index contributed by atoms with van der Waals surface area (Å²) in [5.41, 5.74) is -0.412. The number of aromatic amines is 1. The Balaban J connectivity index is 2.92. The van der Waals surface area contributed by atoms with E-state index in [9.17, 15) is 4.79 Å². The van der Waals surface area contributed by atoms with Crippen molar-refractivity contribution in [2.24, 2.45) is 0 Å². The minimum Gasteiger partial charge on any atom is -0.487 e. The fourth-order valence-electron chi connectivity index (χ4n) is 0.796. The maximum Gasteiger partial charge on any atom is 0.297 e. The second-order valence-corrected chi connectivity index (χ2v) is 2.14. The third-order valence-corrected chi connectivity index (χ3v) is 1.31. The number of rotatable bonds is 4. The lowest BCUT2D eigenvalue weighted by molar-refractivity contribution is 0.190. The van der Waals surface area contributed by atoms with Crippen LogP contribution in [0, 0.1) is 0 Å². The molecule has 0 spiro atoms. The molecule has 0 bridgehead atoms. The predicted molar refractivity (Wildman–Crippen MR) is 44.0 cm³/mol. The Kier molecular flexibility index (Phi) is 3.27. The molecule has 72 valence electrons. The highest BCUT2D eigenvalue weighted by molar-refractivity contribution is 5.29. The topological polar surface area (TPSA) is 84.4 Å². The van der Waals surface area contributed by atoms with Crippen LogP contribution >= 0.6 is 0 Å². The number of nitrogens with zero attached hydrogens (tertiary/aromatic N) is 1. The van der Waals surface area contributed by atoms with Gasteiger partial charge in [-0.05, 0) is 0 Å². The Morgan fingerprint density at radius 1 is 1.69 bits per heavy atom. The number of H-pyrrole nitrogens is 1. The summed E-state index contributed by atoms with van der Waals surface area (Å²) in [7, 11) is 1.35. The first kappa shape index (κ1) is 9.53. The Morgan fingerprint density at radius 2 is 2.46 bits per heavy atom. The van der Waals surface area contributed by atoms with Crippen LogP contribution in [0.1, 0.15) is 0 Å². The zero-order valence-corrected chi connectivity index (χ0v) is 7.11. The molecule has 1 aromatic rings. The summed E-state index contributed by atoms with van der Waals surface area (Å²) in [5, 5.41) is 8.48. The van der Waals surface area contributed by atoms with Gasteiger partial charge in [0.25, 0.3) is 11.4 Å². The molecule has 0 saturated carbocycles. The molecule has 0 amide bonds. The van der Waals surface area contributed by atoms with E-state index in [1.807, 2.05) is 0 Å². The molecule has 0 aliphatic rings. The van der Waals surface area contributed by atoms with Gasteiger partial charge in [-0.25, -0.2) is 4.98 Å². The molecule has 0 saturated heterocycles. The van der Waals surface area contributed by atoms with Crippen LogP contribution in [0.2, 0.25) is 0 Å². The SMILES string of the molecule is COc1c(OCCO)nc[nH]c1=O. The molecule has 0 fully saturated rings. The number of hydrogen-bond donors (Lipinski definition) is 2. The Labute approximate surface area is 74.1 Å². The lowest BCUT2D eigenvalue weighted by atomic mass is 10.5. The molecular weight excluding hydrogens is 176 g/mol. The zero-order chi connectivity index (χ0) is 9.68. The predicted octanol–water partition coefficient (Wildman–Crippen LogP) is -0.850. The van der Waals surface area contributed by atoms with Crippen molar-refractivity contribution < 1.29 is 14.6 Å². The summed E-state index contributed by atoms with van der Waals surface area (Å²) >= 11 is 0. The van der Waals surface area contributed by atoms with Crippen LogP contribution < -0.4 is 15.0 Å². The van der Waals surface area contributed by atoms with E-state index in [4.69, 9.17) is 14.6 Å². The van der Waals surface area contributed by atoms with Gasteiger partial charge in [0, 0.05) is 0 Å². The number of aliphatic hydroxyl groups is 1. The highest BCUT2D eigenvalue weighted by Crippen LogP contribution is 2.16. The van der Waals surface area contributed by atoms with E-state index < -0.39 is 5.56 Å². The van der Waals surface area contributed by atoms with Crippen molar-refractivity contribution in [2.45, 2.75) is 0 Å². The molecule has 2 N–H and O–H groups in total. The Hall–Kier alpha value is -1.56. The van der Waals surface area contributed by atoms with Gasteiger partial charge in [0.2, 0.25) is 5.75 Å². The monoisotopic (exact) mass is 186 g/mol. The van der Waals surface area contributed by atoms with Gasteiger partial charge in [-0.3, -0.25) is 4.79 Å². The molecular formula is C7H10N2O4. The summed E-state index contributed by atoms with van der Waals surface area (Å²) in [5.74, 6) is 0.0938. The normalized spacial score (nSPS) is 9.69. The maximum atomic E-state index is 11.1. The number of hydrogen-bond acceptors (Lipinski definition) is 5. The van der Waals surface area contributed by atoms with E-state index in [0.29, 0.717) is 0 Å².